The molecule has 1 amide bonds. The predicted octanol–water partition coefficient (Wildman–Crippen LogP) is 2.55. The molecule has 1 N–H and O–H groups in total. The van der Waals surface area contributed by atoms with Crippen molar-refractivity contribution >= 4 is 27.2 Å². The summed E-state index contributed by atoms with van der Waals surface area (Å²) in [5, 5.41) is 2.62. The van der Waals surface area contributed by atoms with Crippen LogP contribution < -0.4 is 5.32 Å². The van der Waals surface area contributed by atoms with Crippen molar-refractivity contribution < 1.29 is 18.0 Å². The topological polar surface area (TPSA) is 80.3 Å². The first kappa shape index (κ1) is 15.9. The molecule has 0 saturated heterocycles. The van der Waals surface area contributed by atoms with Gasteiger partial charge < -0.3 is 5.32 Å². The van der Waals surface area contributed by atoms with Crippen LogP contribution in [0.4, 0.5) is 5.69 Å². The summed E-state index contributed by atoms with van der Waals surface area (Å²) in [7, 11) is -3.49. The second-order valence-corrected chi connectivity index (χ2v) is 6.84. The second kappa shape index (κ2) is 6.11. The highest BCUT2D eigenvalue weighted by molar-refractivity contribution is 7.90. The molecular weight excluding hydrogens is 302 g/mol. The monoisotopic (exact) mass is 317 g/mol. The zero-order chi connectivity index (χ0) is 16.3. The van der Waals surface area contributed by atoms with Crippen LogP contribution in [0.3, 0.4) is 0 Å². The summed E-state index contributed by atoms with van der Waals surface area (Å²) >= 11 is 0. The summed E-state index contributed by atoms with van der Waals surface area (Å²) in [4.78, 5) is 23.4. The van der Waals surface area contributed by atoms with Crippen molar-refractivity contribution in [3.8, 4) is 0 Å². The Kier molecular flexibility index (Phi) is 4.42. The molecule has 2 aromatic rings. The van der Waals surface area contributed by atoms with Crippen molar-refractivity contribution in [1.29, 1.82) is 0 Å². The molecule has 0 aliphatic heterocycles. The van der Waals surface area contributed by atoms with Gasteiger partial charge >= 0.3 is 0 Å². The summed E-state index contributed by atoms with van der Waals surface area (Å²) in [6.45, 7) is 1.45. The largest absolute Gasteiger partial charge is 0.322 e. The van der Waals surface area contributed by atoms with Crippen molar-refractivity contribution in [2.45, 2.75) is 11.8 Å². The van der Waals surface area contributed by atoms with E-state index in [2.05, 4.69) is 5.32 Å². The lowest BCUT2D eigenvalue weighted by Crippen LogP contribution is -2.16. The third kappa shape index (κ3) is 3.59. The summed E-state index contributed by atoms with van der Waals surface area (Å²) in [6.07, 6.45) is 1.06. The van der Waals surface area contributed by atoms with Gasteiger partial charge in [0.15, 0.2) is 15.6 Å². The molecular formula is C16H15NO4S. The van der Waals surface area contributed by atoms with Gasteiger partial charge in [-0.05, 0) is 43.3 Å². The van der Waals surface area contributed by atoms with Crippen LogP contribution in [0, 0.1) is 0 Å². The van der Waals surface area contributed by atoms with Crippen LogP contribution in [0.1, 0.15) is 27.6 Å². The maximum absolute atomic E-state index is 12.3. The minimum Gasteiger partial charge on any atom is -0.322 e. The molecule has 2 aromatic carbocycles. The number of nitrogens with one attached hydrogen (secondary N) is 1. The van der Waals surface area contributed by atoms with Gasteiger partial charge in [-0.3, -0.25) is 9.59 Å². The van der Waals surface area contributed by atoms with Gasteiger partial charge in [0, 0.05) is 17.5 Å². The number of carbonyl (C=O) groups is 2. The van der Waals surface area contributed by atoms with Crippen LogP contribution in [-0.4, -0.2) is 26.4 Å². The Morgan fingerprint density at radius 3 is 2.09 bits per heavy atom. The number of benzene rings is 2. The van der Waals surface area contributed by atoms with E-state index in [1.54, 1.807) is 36.4 Å². The average Bonchev–Trinajstić information content (AvgIpc) is 2.47. The second-order valence-electron chi connectivity index (χ2n) is 4.86. The molecule has 0 aliphatic rings. The van der Waals surface area contributed by atoms with E-state index < -0.39 is 15.7 Å². The Bertz CT molecular complexity index is 823. The number of hydrogen-bond donors (Lipinski definition) is 1. The number of rotatable bonds is 4. The molecule has 22 heavy (non-hydrogen) atoms. The first-order valence-electron chi connectivity index (χ1n) is 6.50. The van der Waals surface area contributed by atoms with E-state index in [1.165, 1.54) is 19.1 Å². The molecule has 0 fully saturated rings. The fourth-order valence-electron chi connectivity index (χ4n) is 1.96. The number of amides is 1. The molecule has 0 heterocycles. The number of Topliss-reactive ketones (excluding diaryl/α,β-unsaturated/α-hetero) is 1. The molecule has 0 aliphatic carbocycles. The minimum atomic E-state index is -3.49. The lowest BCUT2D eigenvalue weighted by Gasteiger charge is -2.09. The summed E-state index contributed by atoms with van der Waals surface area (Å²) in [5.41, 5.74) is 1.11. The molecule has 0 spiro atoms. The van der Waals surface area contributed by atoms with E-state index in [4.69, 9.17) is 0 Å². The van der Waals surface area contributed by atoms with Crippen molar-refractivity contribution in [2.24, 2.45) is 0 Å². The van der Waals surface area contributed by atoms with Crippen LogP contribution in [-0.2, 0) is 9.84 Å². The van der Waals surface area contributed by atoms with E-state index in [9.17, 15) is 18.0 Å². The SMILES string of the molecule is CC(=O)c1ccc(NC(=O)c2ccccc2S(C)(=O)=O)cc1. The van der Waals surface area contributed by atoms with Crippen molar-refractivity contribution in [3.63, 3.8) is 0 Å². The zero-order valence-corrected chi connectivity index (χ0v) is 13.0. The van der Waals surface area contributed by atoms with Gasteiger partial charge in [-0.25, -0.2) is 8.42 Å². The molecule has 0 bridgehead atoms. The normalized spacial score (nSPS) is 11.0. The quantitative estimate of drug-likeness (QED) is 0.879. The van der Waals surface area contributed by atoms with Crippen LogP contribution in [0.5, 0.6) is 0 Å². The van der Waals surface area contributed by atoms with Crippen LogP contribution >= 0.6 is 0 Å². The van der Waals surface area contributed by atoms with Crippen LogP contribution in [0.15, 0.2) is 53.4 Å². The lowest BCUT2D eigenvalue weighted by atomic mass is 10.1. The smallest absolute Gasteiger partial charge is 0.256 e. The number of anilines is 1. The van der Waals surface area contributed by atoms with E-state index >= 15 is 0 Å². The first-order valence-corrected chi connectivity index (χ1v) is 8.39. The highest BCUT2D eigenvalue weighted by Gasteiger charge is 2.18. The van der Waals surface area contributed by atoms with E-state index in [1.807, 2.05) is 0 Å². The highest BCUT2D eigenvalue weighted by Crippen LogP contribution is 2.18. The van der Waals surface area contributed by atoms with Gasteiger partial charge in [0.05, 0.1) is 10.5 Å². The standard InChI is InChI=1S/C16H15NO4S/c1-11(18)12-7-9-13(10-8-12)17-16(19)14-5-3-4-6-15(14)22(2,20)21/h3-10H,1-2H3,(H,17,19). The summed E-state index contributed by atoms with van der Waals surface area (Å²) in [5.74, 6) is -0.586. The number of carbonyl (C=O) groups excluding carboxylic acids is 2. The van der Waals surface area contributed by atoms with E-state index in [-0.39, 0.29) is 16.2 Å². The van der Waals surface area contributed by atoms with Crippen molar-refractivity contribution in [3.05, 3.63) is 59.7 Å². The first-order chi connectivity index (χ1) is 10.3. The number of hydrogen-bond acceptors (Lipinski definition) is 4. The molecule has 0 unspecified atom stereocenters. The minimum absolute atomic E-state index is 0.0205. The molecule has 0 aromatic heterocycles. The summed E-state index contributed by atoms with van der Waals surface area (Å²) in [6, 6.07) is 12.4. The van der Waals surface area contributed by atoms with Gasteiger partial charge in [-0.1, -0.05) is 12.1 Å². The van der Waals surface area contributed by atoms with Crippen LogP contribution in [0.2, 0.25) is 0 Å². The predicted molar refractivity (Wildman–Crippen MR) is 84.0 cm³/mol. The van der Waals surface area contributed by atoms with Gasteiger partial charge in [0.25, 0.3) is 5.91 Å². The van der Waals surface area contributed by atoms with Gasteiger partial charge in [0.2, 0.25) is 0 Å². The Balaban J connectivity index is 2.28. The zero-order valence-electron chi connectivity index (χ0n) is 12.2. The Morgan fingerprint density at radius 2 is 1.55 bits per heavy atom. The average molecular weight is 317 g/mol. The molecule has 6 heteroatoms. The number of sulfone groups is 1. The Hall–Kier alpha value is -2.47. The molecule has 0 atom stereocenters. The number of ketones is 1. The van der Waals surface area contributed by atoms with E-state index in [0.717, 1.165) is 6.26 Å². The fourth-order valence-corrected chi connectivity index (χ4v) is 2.85. The van der Waals surface area contributed by atoms with Crippen LogP contribution in [0.25, 0.3) is 0 Å². The molecule has 5 nitrogen and oxygen atoms in total. The van der Waals surface area contributed by atoms with Crippen molar-refractivity contribution in [1.82, 2.24) is 0 Å². The maximum atomic E-state index is 12.3. The highest BCUT2D eigenvalue weighted by atomic mass is 32.2. The molecule has 0 saturated carbocycles. The molecule has 2 rings (SSSR count). The van der Waals surface area contributed by atoms with Gasteiger partial charge in [-0.15, -0.1) is 0 Å². The third-order valence-corrected chi connectivity index (χ3v) is 4.24. The summed E-state index contributed by atoms with van der Waals surface area (Å²) < 4.78 is 23.4. The van der Waals surface area contributed by atoms with Crippen molar-refractivity contribution in [2.75, 3.05) is 11.6 Å². The lowest BCUT2D eigenvalue weighted by molar-refractivity contribution is 0.101. The maximum Gasteiger partial charge on any atom is 0.256 e. The fraction of sp³-hybridized carbons (Fsp3) is 0.125. The Morgan fingerprint density at radius 1 is 0.955 bits per heavy atom. The third-order valence-electron chi connectivity index (χ3n) is 3.08. The molecule has 0 radical (unpaired) electrons. The van der Waals surface area contributed by atoms with E-state index in [0.29, 0.717) is 11.3 Å². The molecule has 114 valence electrons. The van der Waals surface area contributed by atoms with Gasteiger partial charge in [-0.2, -0.15) is 0 Å². The van der Waals surface area contributed by atoms with Gasteiger partial charge in [0.1, 0.15) is 0 Å². The Labute approximate surface area is 128 Å².